The third kappa shape index (κ3) is 5.10. The highest BCUT2D eigenvalue weighted by atomic mass is 32.2. The smallest absolute Gasteiger partial charge is 0.266 e. The average Bonchev–Trinajstić information content (AvgIpc) is 2.74. The summed E-state index contributed by atoms with van der Waals surface area (Å²) < 4.78 is 40.6. The summed E-state index contributed by atoms with van der Waals surface area (Å²) >= 11 is 0. The second-order valence-electron chi connectivity index (χ2n) is 6.14. The maximum atomic E-state index is 13.1. The number of nitrogens with one attached hydrogen (secondary N) is 2. The van der Waals surface area contributed by atoms with Crippen LogP contribution in [0, 0.1) is 17.1 Å². The number of carbonyl (C=O) groups excluding carboxylic acids is 1. The highest BCUT2D eigenvalue weighted by molar-refractivity contribution is 7.92. The molecule has 0 radical (unpaired) electrons. The van der Waals surface area contributed by atoms with E-state index in [1.165, 1.54) is 18.2 Å². The van der Waals surface area contributed by atoms with Crippen LogP contribution in [-0.2, 0) is 14.8 Å². The number of hydrogen-bond acceptors (Lipinski definition) is 4. The molecule has 0 fully saturated rings. The summed E-state index contributed by atoms with van der Waals surface area (Å²) in [4.78, 5) is 12.4. The zero-order chi connectivity index (χ0) is 21.6. The minimum Gasteiger partial charge on any atom is -0.319 e. The van der Waals surface area contributed by atoms with Crippen LogP contribution in [0.1, 0.15) is 5.56 Å². The first-order chi connectivity index (χ1) is 14.4. The van der Waals surface area contributed by atoms with Crippen molar-refractivity contribution >= 4 is 33.4 Å². The Balaban J connectivity index is 1.85. The first-order valence-corrected chi connectivity index (χ1v) is 10.2. The van der Waals surface area contributed by atoms with E-state index in [1.807, 2.05) is 12.1 Å². The van der Waals surface area contributed by atoms with Gasteiger partial charge < -0.3 is 5.32 Å². The predicted octanol–water partition coefficient (Wildman–Crippen LogP) is 4.17. The molecule has 0 aromatic heterocycles. The molecule has 6 nitrogen and oxygen atoms in total. The van der Waals surface area contributed by atoms with Gasteiger partial charge in [0.25, 0.3) is 15.9 Å². The van der Waals surface area contributed by atoms with Crippen molar-refractivity contribution in [1.29, 1.82) is 5.26 Å². The van der Waals surface area contributed by atoms with Crippen molar-refractivity contribution in [2.45, 2.75) is 4.90 Å². The number of anilines is 2. The Morgan fingerprint density at radius 3 is 2.13 bits per heavy atom. The van der Waals surface area contributed by atoms with Crippen LogP contribution in [0.5, 0.6) is 0 Å². The van der Waals surface area contributed by atoms with Crippen LogP contribution in [0.4, 0.5) is 15.8 Å². The molecule has 0 aliphatic carbocycles. The van der Waals surface area contributed by atoms with Crippen molar-refractivity contribution in [2.75, 3.05) is 10.0 Å². The lowest BCUT2D eigenvalue weighted by atomic mass is 10.1. The van der Waals surface area contributed by atoms with Gasteiger partial charge >= 0.3 is 0 Å². The van der Waals surface area contributed by atoms with Gasteiger partial charge in [-0.2, -0.15) is 5.26 Å². The van der Waals surface area contributed by atoms with Crippen molar-refractivity contribution in [3.63, 3.8) is 0 Å². The van der Waals surface area contributed by atoms with Crippen LogP contribution in [0.2, 0.25) is 0 Å². The van der Waals surface area contributed by atoms with Crippen molar-refractivity contribution in [1.82, 2.24) is 0 Å². The number of benzene rings is 3. The Hall–Kier alpha value is -3.96. The van der Waals surface area contributed by atoms with Crippen LogP contribution >= 0.6 is 0 Å². The molecule has 3 aromatic carbocycles. The van der Waals surface area contributed by atoms with Crippen molar-refractivity contribution < 1.29 is 17.6 Å². The van der Waals surface area contributed by atoms with Crippen molar-refractivity contribution in [3.8, 4) is 6.07 Å². The molecule has 0 unspecified atom stereocenters. The molecule has 0 bridgehead atoms. The minimum absolute atomic E-state index is 0.104. The normalized spacial score (nSPS) is 11.4. The first kappa shape index (κ1) is 20.8. The summed E-state index contributed by atoms with van der Waals surface area (Å²) in [5.74, 6) is -1.24. The fraction of sp³-hybridized carbons (Fsp3) is 0. The lowest BCUT2D eigenvalue weighted by Gasteiger charge is -2.13. The van der Waals surface area contributed by atoms with E-state index in [9.17, 15) is 22.9 Å². The van der Waals surface area contributed by atoms with Gasteiger partial charge in [0, 0.05) is 0 Å². The van der Waals surface area contributed by atoms with E-state index in [2.05, 4.69) is 10.0 Å². The lowest BCUT2D eigenvalue weighted by molar-refractivity contribution is -0.112. The fourth-order valence-electron chi connectivity index (χ4n) is 2.55. The molecule has 3 aromatic rings. The predicted molar refractivity (Wildman–Crippen MR) is 112 cm³/mol. The summed E-state index contributed by atoms with van der Waals surface area (Å²) in [5.41, 5.74) is 0.807. The Bertz CT molecular complexity index is 1230. The van der Waals surface area contributed by atoms with Gasteiger partial charge in [0.2, 0.25) is 0 Å². The number of sulfonamides is 1. The Labute approximate surface area is 173 Å². The van der Waals surface area contributed by atoms with Gasteiger partial charge in [0.1, 0.15) is 17.5 Å². The zero-order valence-corrected chi connectivity index (χ0v) is 16.4. The number of rotatable bonds is 6. The molecule has 2 N–H and O–H groups in total. The molecule has 8 heteroatoms. The van der Waals surface area contributed by atoms with E-state index in [4.69, 9.17) is 0 Å². The van der Waals surface area contributed by atoms with Crippen LogP contribution in [-0.4, -0.2) is 14.3 Å². The molecule has 3 rings (SSSR count). The van der Waals surface area contributed by atoms with Crippen molar-refractivity contribution in [3.05, 3.63) is 95.8 Å². The number of amides is 1. The molecule has 1 amide bonds. The topological polar surface area (TPSA) is 99.1 Å². The minimum atomic E-state index is -4.01. The van der Waals surface area contributed by atoms with Gasteiger partial charge in [0.05, 0.1) is 16.3 Å². The first-order valence-electron chi connectivity index (χ1n) is 8.75. The second-order valence-corrected chi connectivity index (χ2v) is 7.82. The number of para-hydroxylation sites is 2. The van der Waals surface area contributed by atoms with E-state index >= 15 is 0 Å². The Morgan fingerprint density at radius 2 is 1.50 bits per heavy atom. The molecule has 0 heterocycles. The quantitative estimate of drug-likeness (QED) is 0.461. The molecule has 30 heavy (non-hydrogen) atoms. The Kier molecular flexibility index (Phi) is 6.25. The SMILES string of the molecule is N#C/C(=C/c1ccccc1)C(=O)Nc1ccccc1NS(=O)(=O)c1ccc(F)cc1. The van der Waals surface area contributed by atoms with Gasteiger partial charge in [-0.05, 0) is 48.0 Å². The maximum absolute atomic E-state index is 13.1. The monoisotopic (exact) mass is 421 g/mol. The van der Waals surface area contributed by atoms with Gasteiger partial charge in [-0.15, -0.1) is 0 Å². The molecular formula is C22H16FN3O3S. The van der Waals surface area contributed by atoms with Crippen LogP contribution in [0.15, 0.2) is 89.3 Å². The number of hydrogen-bond donors (Lipinski definition) is 2. The van der Waals surface area contributed by atoms with E-state index in [0.717, 1.165) is 24.3 Å². The second kappa shape index (κ2) is 9.03. The molecule has 0 aliphatic heterocycles. The van der Waals surface area contributed by atoms with Crippen LogP contribution in [0.25, 0.3) is 6.08 Å². The van der Waals surface area contributed by atoms with Crippen LogP contribution < -0.4 is 10.0 Å². The standard InChI is InChI=1S/C22H16FN3O3S/c23-18-10-12-19(13-11-18)30(28,29)26-21-9-5-4-8-20(21)25-22(27)17(15-24)14-16-6-2-1-3-7-16/h1-14,26H,(H,25,27)/b17-14-. The van der Waals surface area contributed by atoms with E-state index in [-0.39, 0.29) is 21.8 Å². The third-order valence-electron chi connectivity index (χ3n) is 4.02. The number of carbonyl (C=O) groups is 1. The van der Waals surface area contributed by atoms with E-state index < -0.39 is 21.7 Å². The number of nitriles is 1. The van der Waals surface area contributed by atoms with Crippen LogP contribution in [0.3, 0.4) is 0 Å². The fourth-order valence-corrected chi connectivity index (χ4v) is 3.63. The van der Waals surface area contributed by atoms with E-state index in [1.54, 1.807) is 36.4 Å². The highest BCUT2D eigenvalue weighted by Crippen LogP contribution is 2.25. The third-order valence-corrected chi connectivity index (χ3v) is 5.40. The molecule has 0 saturated carbocycles. The molecule has 0 spiro atoms. The van der Waals surface area contributed by atoms with Gasteiger partial charge in [-0.3, -0.25) is 9.52 Å². The summed E-state index contributed by atoms with van der Waals surface area (Å²) in [7, 11) is -4.01. The lowest BCUT2D eigenvalue weighted by Crippen LogP contribution is -2.18. The van der Waals surface area contributed by atoms with Gasteiger partial charge in [-0.1, -0.05) is 42.5 Å². The number of nitrogens with zero attached hydrogens (tertiary/aromatic N) is 1. The van der Waals surface area contributed by atoms with Gasteiger partial charge in [0.15, 0.2) is 0 Å². The largest absolute Gasteiger partial charge is 0.319 e. The number of halogens is 1. The summed E-state index contributed by atoms with van der Waals surface area (Å²) in [6, 6.07) is 21.2. The average molecular weight is 421 g/mol. The van der Waals surface area contributed by atoms with Gasteiger partial charge in [-0.25, -0.2) is 12.8 Å². The summed E-state index contributed by atoms with van der Waals surface area (Å²) in [5, 5.41) is 11.9. The zero-order valence-electron chi connectivity index (χ0n) is 15.5. The molecule has 0 atom stereocenters. The van der Waals surface area contributed by atoms with E-state index in [0.29, 0.717) is 5.56 Å². The van der Waals surface area contributed by atoms with Crippen molar-refractivity contribution in [2.24, 2.45) is 0 Å². The summed E-state index contributed by atoms with van der Waals surface area (Å²) in [6.07, 6.45) is 1.43. The Morgan fingerprint density at radius 1 is 0.900 bits per heavy atom. The molecular weight excluding hydrogens is 405 g/mol. The molecule has 0 aliphatic rings. The maximum Gasteiger partial charge on any atom is 0.266 e. The molecule has 0 saturated heterocycles. The molecule has 150 valence electrons. The highest BCUT2D eigenvalue weighted by Gasteiger charge is 2.18. The summed E-state index contributed by atoms with van der Waals surface area (Å²) in [6.45, 7) is 0.